The lowest BCUT2D eigenvalue weighted by Gasteiger charge is -1.97. The van der Waals surface area contributed by atoms with E-state index in [1.54, 1.807) is 0 Å². The van der Waals surface area contributed by atoms with Crippen LogP contribution in [0.2, 0.25) is 0 Å². The number of alkyl halides is 5. The molecule has 2 aromatic rings. The molecule has 9 heteroatoms. The summed E-state index contributed by atoms with van der Waals surface area (Å²) in [6, 6.07) is 17.0. The third kappa shape index (κ3) is 19.9. The van der Waals surface area contributed by atoms with Gasteiger partial charge in [0, 0.05) is 5.56 Å². The van der Waals surface area contributed by atoms with E-state index < -0.39 is 0 Å². The molecule has 4 nitrogen and oxygen atoms in total. The van der Waals surface area contributed by atoms with Crippen LogP contribution in [0.1, 0.15) is 22.3 Å². The van der Waals surface area contributed by atoms with Crippen LogP contribution in [0.3, 0.4) is 0 Å². The lowest BCUT2D eigenvalue weighted by molar-refractivity contribution is 0.318. The number of halogens is 5. The standard InChI is InChI=1S/C8H10N2O.C8H7N.CHI3.CH2I2/c1-6-2-4-7(5-3-6)8(9)10-11;1-7-2-4-8(6-9)5-3-7;2-1(3)4;2-1-3/h2-5,11H,1H3,(H2,9,10);2-5H,1H3;1H;1H2. The van der Waals surface area contributed by atoms with Gasteiger partial charge in [-0.15, -0.1) is 0 Å². The fourth-order valence-electron chi connectivity index (χ4n) is 1.41. The summed E-state index contributed by atoms with van der Waals surface area (Å²) < 4.78 is 1.93. The zero-order valence-corrected chi connectivity index (χ0v) is 25.5. The summed E-state index contributed by atoms with van der Waals surface area (Å²) in [4.78, 5) is 0. The van der Waals surface area contributed by atoms with Crippen molar-refractivity contribution in [2.45, 2.75) is 13.8 Å². The molecule has 0 aliphatic heterocycles. The number of benzene rings is 2. The van der Waals surface area contributed by atoms with Gasteiger partial charge < -0.3 is 10.9 Å². The van der Waals surface area contributed by atoms with Crippen LogP contribution in [0, 0.1) is 25.2 Å². The molecule has 0 amide bonds. The lowest BCUT2D eigenvalue weighted by atomic mass is 10.1. The first kappa shape index (κ1) is 30.0. The first-order valence-electron chi connectivity index (χ1n) is 7.27. The molecule has 0 heterocycles. The number of oxime groups is 1. The molecule has 2 aromatic carbocycles. The smallest absolute Gasteiger partial charge is 0.170 e. The van der Waals surface area contributed by atoms with Crippen LogP contribution in [0.15, 0.2) is 53.7 Å². The summed E-state index contributed by atoms with van der Waals surface area (Å²) in [6.45, 7) is 3.98. The predicted octanol–water partition coefficient (Wildman–Crippen LogP) is 7.35. The Morgan fingerprint density at radius 2 is 1.33 bits per heavy atom. The highest BCUT2D eigenvalue weighted by atomic mass is 127. The average molecular weight is 929 g/mol. The van der Waals surface area contributed by atoms with Crippen molar-refractivity contribution in [2.24, 2.45) is 10.9 Å². The second kappa shape index (κ2) is 20.1. The second-order valence-corrected chi connectivity index (χ2v) is 20.0. The molecule has 0 spiro atoms. The van der Waals surface area contributed by atoms with Crippen molar-refractivity contribution < 1.29 is 5.21 Å². The SMILES string of the molecule is Cc1ccc(/C(N)=N/O)cc1.Cc1ccc(C#N)cc1.IC(I)I.ICI. The van der Waals surface area contributed by atoms with Crippen molar-refractivity contribution in [3.63, 3.8) is 0 Å². The molecular formula is C18H20I5N3O. The Balaban J connectivity index is 0. The van der Waals surface area contributed by atoms with Crippen molar-refractivity contribution >= 4 is 119 Å². The first-order chi connectivity index (χ1) is 12.7. The summed E-state index contributed by atoms with van der Waals surface area (Å²) in [6.07, 6.45) is 0. The van der Waals surface area contributed by atoms with E-state index in [4.69, 9.17) is 16.2 Å². The van der Waals surface area contributed by atoms with Gasteiger partial charge in [-0.3, -0.25) is 0 Å². The van der Waals surface area contributed by atoms with Crippen LogP contribution in [0.5, 0.6) is 0 Å². The zero-order valence-electron chi connectivity index (χ0n) is 14.7. The fraction of sp³-hybridized carbons (Fsp3) is 0.222. The molecule has 0 fully saturated rings. The van der Waals surface area contributed by atoms with E-state index in [2.05, 4.69) is 124 Å². The van der Waals surface area contributed by atoms with Gasteiger partial charge in [-0.2, -0.15) is 5.26 Å². The van der Waals surface area contributed by atoms with Gasteiger partial charge in [0.05, 0.1) is 14.1 Å². The maximum atomic E-state index is 8.38. The maximum absolute atomic E-state index is 8.38. The van der Waals surface area contributed by atoms with E-state index in [0.717, 1.165) is 16.6 Å². The molecule has 27 heavy (non-hydrogen) atoms. The van der Waals surface area contributed by atoms with Gasteiger partial charge in [0.25, 0.3) is 0 Å². The third-order valence-corrected chi connectivity index (χ3v) is 2.64. The number of amidine groups is 1. The van der Waals surface area contributed by atoms with Crippen LogP contribution in [-0.4, -0.2) is 13.4 Å². The molecule has 0 saturated heterocycles. The minimum atomic E-state index is 0.144. The Hall–Kier alpha value is 0.850. The number of nitriles is 1. The molecule has 3 N–H and O–H groups in total. The monoisotopic (exact) mass is 929 g/mol. The molecule has 0 aliphatic carbocycles. The van der Waals surface area contributed by atoms with Crippen LogP contribution in [-0.2, 0) is 0 Å². The molecule has 0 radical (unpaired) electrons. The quantitative estimate of drug-likeness (QED) is 0.0785. The van der Waals surface area contributed by atoms with Crippen LogP contribution < -0.4 is 5.73 Å². The van der Waals surface area contributed by atoms with Gasteiger partial charge in [-0.1, -0.05) is 166 Å². The third-order valence-electron chi connectivity index (χ3n) is 2.64. The van der Waals surface area contributed by atoms with Crippen molar-refractivity contribution in [2.75, 3.05) is 2.43 Å². The molecule has 148 valence electrons. The second-order valence-electron chi connectivity index (χ2n) is 4.68. The largest absolute Gasteiger partial charge is 0.409 e. The summed E-state index contributed by atoms with van der Waals surface area (Å²) >= 11 is 11.5. The maximum Gasteiger partial charge on any atom is 0.170 e. The molecule has 0 aliphatic rings. The first-order valence-corrected chi connectivity index (χ1v) is 14.1. The molecular weight excluding hydrogens is 909 g/mol. The van der Waals surface area contributed by atoms with E-state index in [1.165, 1.54) is 8.00 Å². The van der Waals surface area contributed by atoms with Crippen molar-refractivity contribution in [3.8, 4) is 6.07 Å². The van der Waals surface area contributed by atoms with Crippen molar-refractivity contribution in [1.82, 2.24) is 0 Å². The average Bonchev–Trinajstić information content (AvgIpc) is 2.63. The zero-order chi connectivity index (χ0) is 21.2. The minimum Gasteiger partial charge on any atom is -0.409 e. The molecule has 0 atom stereocenters. The van der Waals surface area contributed by atoms with Gasteiger partial charge >= 0.3 is 0 Å². The van der Waals surface area contributed by atoms with E-state index in [0.29, 0.717) is 0 Å². The van der Waals surface area contributed by atoms with E-state index in [9.17, 15) is 0 Å². The lowest BCUT2D eigenvalue weighted by Crippen LogP contribution is -2.12. The Morgan fingerprint density at radius 1 is 1.00 bits per heavy atom. The molecule has 0 aromatic heterocycles. The number of nitrogens with zero attached hydrogens (tertiary/aromatic N) is 2. The number of aryl methyl sites for hydroxylation is 2. The van der Waals surface area contributed by atoms with E-state index in [-0.39, 0.29) is 5.84 Å². The fourth-order valence-corrected chi connectivity index (χ4v) is 1.41. The van der Waals surface area contributed by atoms with Gasteiger partial charge in [-0.25, -0.2) is 0 Å². The predicted molar refractivity (Wildman–Crippen MR) is 158 cm³/mol. The Labute approximate surface area is 229 Å². The Morgan fingerprint density at radius 3 is 1.63 bits per heavy atom. The van der Waals surface area contributed by atoms with Gasteiger partial charge in [0.1, 0.15) is -0.0619 Å². The number of nitrogens with two attached hydrogens (primary N) is 1. The highest BCUT2D eigenvalue weighted by Gasteiger charge is 1.95. The topological polar surface area (TPSA) is 82.4 Å². The summed E-state index contributed by atoms with van der Waals surface area (Å²) in [5.74, 6) is 0.144. The number of hydrogen-bond donors (Lipinski definition) is 2. The molecule has 0 bridgehead atoms. The highest BCUT2D eigenvalue weighted by molar-refractivity contribution is 14.3. The summed E-state index contributed by atoms with van der Waals surface area (Å²) in [5.41, 5.74) is 9.14. The van der Waals surface area contributed by atoms with Crippen molar-refractivity contribution in [1.29, 1.82) is 5.26 Å². The Kier molecular flexibility index (Phi) is 22.4. The Bertz CT molecular complexity index is 681. The molecule has 0 unspecified atom stereocenters. The molecule has 2 rings (SSSR count). The van der Waals surface area contributed by atoms with E-state index >= 15 is 0 Å². The van der Waals surface area contributed by atoms with Crippen LogP contribution in [0.4, 0.5) is 0 Å². The minimum absolute atomic E-state index is 0.144. The summed E-state index contributed by atoms with van der Waals surface area (Å²) in [7, 11) is 0. The number of hydrogen-bond acceptors (Lipinski definition) is 3. The number of rotatable bonds is 1. The van der Waals surface area contributed by atoms with Gasteiger partial charge in [0.15, 0.2) is 5.84 Å². The molecule has 0 saturated carbocycles. The normalized spacial score (nSPS) is 9.52. The highest BCUT2D eigenvalue weighted by Crippen LogP contribution is 2.16. The summed E-state index contributed by atoms with van der Waals surface area (Å²) in [5, 5.41) is 19.6. The van der Waals surface area contributed by atoms with Crippen LogP contribution in [0.25, 0.3) is 0 Å². The van der Waals surface area contributed by atoms with Crippen molar-refractivity contribution in [3.05, 3.63) is 70.8 Å². The van der Waals surface area contributed by atoms with Crippen LogP contribution >= 0.6 is 113 Å². The van der Waals surface area contributed by atoms with Gasteiger partial charge in [-0.05, 0) is 26.0 Å². The van der Waals surface area contributed by atoms with E-state index in [1.807, 2.05) is 62.4 Å². The van der Waals surface area contributed by atoms with Gasteiger partial charge in [0.2, 0.25) is 0 Å².